The highest BCUT2D eigenvalue weighted by Crippen LogP contribution is 2.15. The van der Waals surface area contributed by atoms with Crippen molar-refractivity contribution in [1.82, 2.24) is 0 Å². The summed E-state index contributed by atoms with van der Waals surface area (Å²) < 4.78 is 23.6. The smallest absolute Gasteiger partial charge is 0.157 e. The molecule has 0 spiro atoms. The Labute approximate surface area is 97.0 Å². The summed E-state index contributed by atoms with van der Waals surface area (Å²) in [5, 5.41) is 9.52. The summed E-state index contributed by atoms with van der Waals surface area (Å²) in [6.45, 7) is 4.89. The zero-order valence-electron chi connectivity index (χ0n) is 9.90. The van der Waals surface area contributed by atoms with Crippen LogP contribution in [0, 0.1) is 6.92 Å². The Morgan fingerprint density at radius 1 is 1.25 bits per heavy atom. The number of hydrogen-bond donors (Lipinski definition) is 1. The van der Waals surface area contributed by atoms with Crippen molar-refractivity contribution in [2.45, 2.75) is 32.1 Å². The van der Waals surface area contributed by atoms with E-state index in [0.717, 1.165) is 11.1 Å². The van der Waals surface area contributed by atoms with Gasteiger partial charge in [0.25, 0.3) is 0 Å². The monoisotopic (exact) mass is 242 g/mol. The molecule has 90 valence electrons. The first-order valence-electron chi connectivity index (χ1n) is 5.17. The average molecular weight is 242 g/mol. The Kier molecular flexibility index (Phi) is 3.76. The van der Waals surface area contributed by atoms with E-state index in [-0.39, 0.29) is 11.5 Å². The fraction of sp³-hybridized carbons (Fsp3) is 0.500. The molecule has 0 amide bonds. The van der Waals surface area contributed by atoms with Crippen LogP contribution in [-0.4, -0.2) is 24.9 Å². The molecule has 3 nitrogen and oxygen atoms in total. The van der Waals surface area contributed by atoms with Crippen LogP contribution in [0.4, 0.5) is 0 Å². The largest absolute Gasteiger partial charge is 0.389 e. The van der Waals surface area contributed by atoms with E-state index in [0.29, 0.717) is 0 Å². The Morgan fingerprint density at radius 3 is 2.31 bits per heavy atom. The van der Waals surface area contributed by atoms with Gasteiger partial charge in [-0.15, -0.1) is 0 Å². The lowest BCUT2D eigenvalue weighted by Gasteiger charge is -2.17. The van der Waals surface area contributed by atoms with Gasteiger partial charge in [-0.05, 0) is 31.9 Å². The van der Waals surface area contributed by atoms with E-state index in [1.807, 2.05) is 25.1 Å². The predicted molar refractivity (Wildman–Crippen MR) is 65.0 cm³/mol. The number of aryl methyl sites for hydroxylation is 1. The van der Waals surface area contributed by atoms with Gasteiger partial charge in [0.15, 0.2) is 9.84 Å². The van der Waals surface area contributed by atoms with Gasteiger partial charge in [-0.1, -0.05) is 24.3 Å². The molecule has 0 unspecified atom stereocenters. The van der Waals surface area contributed by atoms with Crippen LogP contribution in [-0.2, 0) is 15.6 Å². The van der Waals surface area contributed by atoms with E-state index in [9.17, 15) is 13.5 Å². The quantitative estimate of drug-likeness (QED) is 0.874. The lowest BCUT2D eigenvalue weighted by atomic mass is 10.1. The van der Waals surface area contributed by atoms with Crippen LogP contribution in [0.5, 0.6) is 0 Å². The van der Waals surface area contributed by atoms with E-state index in [4.69, 9.17) is 0 Å². The molecule has 0 aliphatic carbocycles. The van der Waals surface area contributed by atoms with E-state index >= 15 is 0 Å². The molecule has 0 atom stereocenters. The van der Waals surface area contributed by atoms with E-state index < -0.39 is 15.4 Å². The van der Waals surface area contributed by atoms with Gasteiger partial charge in [0.2, 0.25) is 0 Å². The lowest BCUT2D eigenvalue weighted by Crippen LogP contribution is -2.30. The molecule has 1 aromatic carbocycles. The summed E-state index contributed by atoms with van der Waals surface area (Å²) in [6.07, 6.45) is 0. The molecule has 0 aliphatic rings. The van der Waals surface area contributed by atoms with Crippen LogP contribution in [0.1, 0.15) is 25.0 Å². The number of hydrogen-bond acceptors (Lipinski definition) is 3. The molecule has 16 heavy (non-hydrogen) atoms. The summed E-state index contributed by atoms with van der Waals surface area (Å²) >= 11 is 0. The van der Waals surface area contributed by atoms with Gasteiger partial charge in [-0.2, -0.15) is 0 Å². The van der Waals surface area contributed by atoms with Gasteiger partial charge < -0.3 is 5.11 Å². The topological polar surface area (TPSA) is 54.4 Å². The van der Waals surface area contributed by atoms with Gasteiger partial charge >= 0.3 is 0 Å². The summed E-state index contributed by atoms with van der Waals surface area (Å²) in [5.74, 6) is -0.224. The van der Waals surface area contributed by atoms with Gasteiger partial charge in [-0.25, -0.2) is 8.42 Å². The third-order valence-corrected chi connectivity index (χ3v) is 4.11. The average Bonchev–Trinajstić information content (AvgIpc) is 2.04. The molecule has 0 saturated heterocycles. The minimum Gasteiger partial charge on any atom is -0.389 e. The van der Waals surface area contributed by atoms with Crippen molar-refractivity contribution in [2.24, 2.45) is 0 Å². The third-order valence-electron chi connectivity index (χ3n) is 2.21. The Bertz CT molecular complexity index is 455. The normalized spacial score (nSPS) is 12.8. The van der Waals surface area contributed by atoms with Gasteiger partial charge in [-0.3, -0.25) is 0 Å². The Morgan fingerprint density at radius 2 is 1.81 bits per heavy atom. The molecule has 0 saturated carbocycles. The first-order valence-corrected chi connectivity index (χ1v) is 6.99. The summed E-state index contributed by atoms with van der Waals surface area (Å²) in [6, 6.07) is 7.38. The number of rotatable bonds is 4. The zero-order chi connectivity index (χ0) is 12.4. The van der Waals surface area contributed by atoms with Crippen molar-refractivity contribution >= 4 is 9.84 Å². The van der Waals surface area contributed by atoms with Crippen molar-refractivity contribution < 1.29 is 13.5 Å². The molecule has 1 N–H and O–H groups in total. The van der Waals surface area contributed by atoms with Crippen LogP contribution in [0.25, 0.3) is 0 Å². The molecule has 0 fully saturated rings. The highest BCUT2D eigenvalue weighted by molar-refractivity contribution is 7.90. The molecule has 1 aromatic rings. The standard InChI is InChI=1S/C12H18O3S/c1-10-6-4-5-7-11(10)8-16(14,15)9-12(2,3)13/h4-7,13H,8-9H2,1-3H3. The SMILES string of the molecule is Cc1ccccc1CS(=O)(=O)CC(C)(C)O. The van der Waals surface area contributed by atoms with Gasteiger partial charge in [0, 0.05) is 0 Å². The first-order chi connectivity index (χ1) is 7.20. The van der Waals surface area contributed by atoms with Gasteiger partial charge in [0.05, 0.1) is 17.1 Å². The van der Waals surface area contributed by atoms with E-state index in [1.54, 1.807) is 6.07 Å². The highest BCUT2D eigenvalue weighted by atomic mass is 32.2. The second-order valence-electron chi connectivity index (χ2n) is 4.77. The van der Waals surface area contributed by atoms with Crippen LogP contribution < -0.4 is 0 Å². The minimum atomic E-state index is -3.26. The van der Waals surface area contributed by atoms with Crippen LogP contribution in [0.15, 0.2) is 24.3 Å². The maximum absolute atomic E-state index is 11.8. The summed E-state index contributed by atoms with van der Waals surface area (Å²) in [7, 11) is -3.26. The molecule has 0 radical (unpaired) electrons. The second kappa shape index (κ2) is 4.55. The third kappa shape index (κ3) is 4.33. The molecule has 0 aromatic heterocycles. The second-order valence-corrected chi connectivity index (χ2v) is 6.84. The minimum absolute atomic E-state index is 0.0103. The first kappa shape index (κ1) is 13.2. The van der Waals surface area contributed by atoms with Crippen LogP contribution in [0.3, 0.4) is 0 Å². The zero-order valence-corrected chi connectivity index (χ0v) is 10.7. The maximum atomic E-state index is 11.8. The van der Waals surface area contributed by atoms with E-state index in [2.05, 4.69) is 0 Å². The number of aliphatic hydroxyl groups is 1. The van der Waals surface area contributed by atoms with E-state index in [1.165, 1.54) is 13.8 Å². The summed E-state index contributed by atoms with van der Waals surface area (Å²) in [5.41, 5.74) is 0.579. The van der Waals surface area contributed by atoms with Crippen molar-refractivity contribution in [2.75, 3.05) is 5.75 Å². The lowest BCUT2D eigenvalue weighted by molar-refractivity contribution is 0.105. The number of benzene rings is 1. The molecular formula is C12H18O3S. The van der Waals surface area contributed by atoms with Crippen molar-refractivity contribution in [1.29, 1.82) is 0 Å². The van der Waals surface area contributed by atoms with Crippen molar-refractivity contribution in [3.8, 4) is 0 Å². The van der Waals surface area contributed by atoms with Gasteiger partial charge in [0.1, 0.15) is 0 Å². The molecule has 0 bridgehead atoms. The van der Waals surface area contributed by atoms with Crippen LogP contribution in [0.2, 0.25) is 0 Å². The summed E-state index contributed by atoms with van der Waals surface area (Å²) in [4.78, 5) is 0. The fourth-order valence-corrected chi connectivity index (χ4v) is 3.57. The molecule has 1 rings (SSSR count). The number of sulfone groups is 1. The van der Waals surface area contributed by atoms with Crippen molar-refractivity contribution in [3.63, 3.8) is 0 Å². The van der Waals surface area contributed by atoms with Crippen LogP contribution >= 0.6 is 0 Å². The Hall–Kier alpha value is -0.870. The predicted octanol–water partition coefficient (Wildman–Crippen LogP) is 1.68. The molecule has 0 heterocycles. The fourth-order valence-electron chi connectivity index (χ4n) is 1.60. The Balaban J connectivity index is 2.86. The molecular weight excluding hydrogens is 224 g/mol. The molecule has 0 aliphatic heterocycles. The maximum Gasteiger partial charge on any atom is 0.157 e. The molecule has 4 heteroatoms. The van der Waals surface area contributed by atoms with Crippen molar-refractivity contribution in [3.05, 3.63) is 35.4 Å². The highest BCUT2D eigenvalue weighted by Gasteiger charge is 2.23.